The summed E-state index contributed by atoms with van der Waals surface area (Å²) in [6.07, 6.45) is 3.54. The van der Waals surface area contributed by atoms with E-state index in [0.29, 0.717) is 18.4 Å². The number of benzene rings is 1. The SMILES string of the molecule is COc1c(C2(C(=O)O)CCCCC2)ccc(F)c1O. The van der Waals surface area contributed by atoms with Crippen molar-refractivity contribution in [2.75, 3.05) is 7.11 Å². The summed E-state index contributed by atoms with van der Waals surface area (Å²) >= 11 is 0. The fourth-order valence-corrected chi connectivity index (χ4v) is 2.88. The highest BCUT2D eigenvalue weighted by Gasteiger charge is 2.44. The van der Waals surface area contributed by atoms with E-state index in [1.165, 1.54) is 13.2 Å². The van der Waals surface area contributed by atoms with E-state index in [1.807, 2.05) is 0 Å². The summed E-state index contributed by atoms with van der Waals surface area (Å²) < 4.78 is 18.4. The van der Waals surface area contributed by atoms with Crippen LogP contribution in [0.3, 0.4) is 0 Å². The number of methoxy groups -OCH3 is 1. The summed E-state index contributed by atoms with van der Waals surface area (Å²) in [5.41, 5.74) is -0.726. The Labute approximate surface area is 110 Å². The Kier molecular flexibility index (Phi) is 3.64. The van der Waals surface area contributed by atoms with Crippen LogP contribution in [0.4, 0.5) is 4.39 Å². The predicted octanol–water partition coefficient (Wildman–Crippen LogP) is 2.83. The molecule has 1 aromatic rings. The molecule has 0 amide bonds. The van der Waals surface area contributed by atoms with Crippen molar-refractivity contribution in [2.45, 2.75) is 37.5 Å². The summed E-state index contributed by atoms with van der Waals surface area (Å²) in [7, 11) is 1.30. The maximum absolute atomic E-state index is 13.4. The topological polar surface area (TPSA) is 66.8 Å². The first-order valence-electron chi connectivity index (χ1n) is 6.32. The smallest absolute Gasteiger partial charge is 0.314 e. The molecule has 0 saturated heterocycles. The Hall–Kier alpha value is -1.78. The molecule has 1 aliphatic carbocycles. The molecule has 19 heavy (non-hydrogen) atoms. The van der Waals surface area contributed by atoms with Gasteiger partial charge >= 0.3 is 5.97 Å². The number of hydrogen-bond acceptors (Lipinski definition) is 3. The van der Waals surface area contributed by atoms with Gasteiger partial charge < -0.3 is 14.9 Å². The molecule has 0 radical (unpaired) electrons. The number of phenolic OH excluding ortho intramolecular Hbond substituents is 1. The predicted molar refractivity (Wildman–Crippen MR) is 67.0 cm³/mol. The highest BCUT2D eigenvalue weighted by molar-refractivity contribution is 5.83. The van der Waals surface area contributed by atoms with E-state index in [1.54, 1.807) is 0 Å². The minimum absolute atomic E-state index is 0.0655. The first-order valence-corrected chi connectivity index (χ1v) is 6.32. The van der Waals surface area contributed by atoms with Gasteiger partial charge in [-0.25, -0.2) is 4.39 Å². The van der Waals surface area contributed by atoms with Crippen molar-refractivity contribution in [1.29, 1.82) is 0 Å². The standard InChI is InChI=1S/C14H17FO4/c1-19-12-9(5-6-10(15)11(12)16)14(13(17)18)7-3-2-4-8-14/h5-6,16H,2-4,7-8H2,1H3,(H,17,18). The Morgan fingerprint density at radius 3 is 2.47 bits per heavy atom. The van der Waals surface area contributed by atoms with Crippen LogP contribution in [0.5, 0.6) is 11.5 Å². The van der Waals surface area contributed by atoms with Gasteiger partial charge in [-0.15, -0.1) is 0 Å². The minimum Gasteiger partial charge on any atom is -0.502 e. The van der Waals surface area contributed by atoms with E-state index in [9.17, 15) is 19.4 Å². The molecule has 1 saturated carbocycles. The first kappa shape index (κ1) is 13.6. The molecule has 0 aromatic heterocycles. The van der Waals surface area contributed by atoms with Crippen LogP contribution in [0.1, 0.15) is 37.7 Å². The molecule has 0 heterocycles. The number of halogens is 1. The summed E-state index contributed by atoms with van der Waals surface area (Å²) in [5.74, 6) is -2.44. The minimum atomic E-state index is -1.09. The van der Waals surface area contributed by atoms with Crippen molar-refractivity contribution in [1.82, 2.24) is 0 Å². The van der Waals surface area contributed by atoms with Gasteiger partial charge in [0.05, 0.1) is 12.5 Å². The number of phenols is 1. The molecule has 0 aliphatic heterocycles. The molecule has 1 fully saturated rings. The van der Waals surface area contributed by atoms with Crippen LogP contribution in [0.2, 0.25) is 0 Å². The monoisotopic (exact) mass is 268 g/mol. The van der Waals surface area contributed by atoms with Gasteiger partial charge in [0.25, 0.3) is 0 Å². The number of hydrogen-bond donors (Lipinski definition) is 2. The Morgan fingerprint density at radius 1 is 1.32 bits per heavy atom. The number of ether oxygens (including phenoxy) is 1. The van der Waals surface area contributed by atoms with Crippen molar-refractivity contribution in [3.63, 3.8) is 0 Å². The normalized spacial score (nSPS) is 18.0. The second-order valence-electron chi connectivity index (χ2n) is 4.92. The maximum atomic E-state index is 13.4. The van der Waals surface area contributed by atoms with Crippen molar-refractivity contribution in [3.8, 4) is 11.5 Å². The van der Waals surface area contributed by atoms with Gasteiger partial charge in [-0.05, 0) is 18.9 Å². The Bertz CT molecular complexity index is 492. The molecular weight excluding hydrogens is 251 g/mol. The average molecular weight is 268 g/mol. The molecule has 0 atom stereocenters. The highest BCUT2D eigenvalue weighted by Crippen LogP contribution is 2.46. The zero-order valence-electron chi connectivity index (χ0n) is 10.8. The van der Waals surface area contributed by atoms with Gasteiger partial charge in [-0.3, -0.25) is 4.79 Å². The third-order valence-electron chi connectivity index (χ3n) is 3.92. The molecule has 104 valence electrons. The number of aliphatic carboxylic acids is 1. The fourth-order valence-electron chi connectivity index (χ4n) is 2.88. The van der Waals surface area contributed by atoms with Crippen molar-refractivity contribution >= 4 is 5.97 Å². The summed E-state index contributed by atoms with van der Waals surface area (Å²) in [6, 6.07) is 2.50. The van der Waals surface area contributed by atoms with Gasteiger partial charge in [0, 0.05) is 5.56 Å². The summed E-state index contributed by atoms with van der Waals surface area (Å²) in [4.78, 5) is 11.7. The second kappa shape index (κ2) is 5.07. The van der Waals surface area contributed by atoms with Gasteiger partial charge in [-0.1, -0.05) is 25.3 Å². The molecule has 0 spiro atoms. The van der Waals surface area contributed by atoms with Crippen LogP contribution in [0, 0.1) is 5.82 Å². The molecule has 1 aromatic carbocycles. The molecule has 1 aliphatic rings. The van der Waals surface area contributed by atoms with Gasteiger partial charge in [0.2, 0.25) is 0 Å². The zero-order valence-corrected chi connectivity index (χ0v) is 10.8. The Balaban J connectivity index is 2.60. The maximum Gasteiger partial charge on any atom is 0.314 e. The second-order valence-corrected chi connectivity index (χ2v) is 4.92. The lowest BCUT2D eigenvalue weighted by atomic mass is 9.69. The molecule has 2 rings (SSSR count). The van der Waals surface area contributed by atoms with E-state index < -0.39 is 23.0 Å². The van der Waals surface area contributed by atoms with Crippen LogP contribution in [-0.2, 0) is 10.2 Å². The van der Waals surface area contributed by atoms with E-state index in [2.05, 4.69) is 0 Å². The van der Waals surface area contributed by atoms with E-state index in [4.69, 9.17) is 4.74 Å². The average Bonchev–Trinajstić information content (AvgIpc) is 2.42. The lowest BCUT2D eigenvalue weighted by Crippen LogP contribution is -2.38. The van der Waals surface area contributed by atoms with Crippen LogP contribution in [0.15, 0.2) is 12.1 Å². The van der Waals surface area contributed by atoms with E-state index in [-0.39, 0.29) is 5.75 Å². The lowest BCUT2D eigenvalue weighted by Gasteiger charge is -2.34. The highest BCUT2D eigenvalue weighted by atomic mass is 19.1. The van der Waals surface area contributed by atoms with Crippen LogP contribution < -0.4 is 4.74 Å². The van der Waals surface area contributed by atoms with Crippen LogP contribution >= 0.6 is 0 Å². The molecular formula is C14H17FO4. The number of carbonyl (C=O) groups is 1. The summed E-state index contributed by atoms with van der Waals surface area (Å²) in [5, 5.41) is 19.3. The molecule has 0 unspecified atom stereocenters. The van der Waals surface area contributed by atoms with E-state index >= 15 is 0 Å². The number of rotatable bonds is 3. The number of carboxylic acids is 1. The third kappa shape index (κ3) is 2.13. The summed E-state index contributed by atoms with van der Waals surface area (Å²) in [6.45, 7) is 0. The molecule has 2 N–H and O–H groups in total. The van der Waals surface area contributed by atoms with Gasteiger partial charge in [0.15, 0.2) is 17.3 Å². The number of aromatic hydroxyl groups is 1. The largest absolute Gasteiger partial charge is 0.502 e. The zero-order chi connectivity index (χ0) is 14.0. The molecule has 4 nitrogen and oxygen atoms in total. The molecule has 5 heteroatoms. The third-order valence-corrected chi connectivity index (χ3v) is 3.92. The van der Waals surface area contributed by atoms with Gasteiger partial charge in [-0.2, -0.15) is 0 Å². The van der Waals surface area contributed by atoms with E-state index in [0.717, 1.165) is 25.3 Å². The van der Waals surface area contributed by atoms with Crippen molar-refractivity contribution in [2.24, 2.45) is 0 Å². The van der Waals surface area contributed by atoms with Crippen molar-refractivity contribution in [3.05, 3.63) is 23.5 Å². The first-order chi connectivity index (χ1) is 9.03. The Morgan fingerprint density at radius 2 is 1.95 bits per heavy atom. The lowest BCUT2D eigenvalue weighted by molar-refractivity contribution is -0.145. The van der Waals surface area contributed by atoms with Crippen LogP contribution in [0.25, 0.3) is 0 Å². The fraction of sp³-hybridized carbons (Fsp3) is 0.500. The van der Waals surface area contributed by atoms with Crippen LogP contribution in [-0.4, -0.2) is 23.3 Å². The number of carboxylic acid groups (broad SMARTS) is 1. The van der Waals surface area contributed by atoms with Gasteiger partial charge in [0.1, 0.15) is 0 Å². The molecule has 0 bridgehead atoms. The quantitative estimate of drug-likeness (QED) is 0.884. The van der Waals surface area contributed by atoms with Crippen molar-refractivity contribution < 1.29 is 24.1 Å².